The Bertz CT molecular complexity index is 807. The van der Waals surface area contributed by atoms with E-state index in [2.05, 4.69) is 20.8 Å². The minimum atomic E-state index is -3.02. The average Bonchev–Trinajstić information content (AvgIpc) is 2.93. The molecule has 2 N–H and O–H groups in total. The number of anilines is 1. The Balaban J connectivity index is 1.55. The van der Waals surface area contributed by atoms with Gasteiger partial charge in [0.1, 0.15) is 5.82 Å². The lowest BCUT2D eigenvalue weighted by molar-refractivity contribution is 0.0935. The molecule has 2 aromatic rings. The predicted molar refractivity (Wildman–Crippen MR) is 90.3 cm³/mol. The zero-order valence-corrected chi connectivity index (χ0v) is 13.8. The molecule has 3 rings (SSSR count). The van der Waals surface area contributed by atoms with Crippen LogP contribution in [0.1, 0.15) is 22.5 Å². The van der Waals surface area contributed by atoms with E-state index >= 15 is 0 Å². The minimum absolute atomic E-state index is 0.0110. The van der Waals surface area contributed by atoms with E-state index in [9.17, 15) is 13.2 Å². The minimum Gasteiger partial charge on any atom is -0.365 e. The van der Waals surface area contributed by atoms with E-state index in [-0.39, 0.29) is 23.2 Å². The molecule has 1 atom stereocenters. The maximum atomic E-state index is 12.1. The van der Waals surface area contributed by atoms with E-state index in [1.807, 2.05) is 30.3 Å². The van der Waals surface area contributed by atoms with Crippen molar-refractivity contribution in [2.24, 2.45) is 0 Å². The second-order valence-corrected chi connectivity index (χ2v) is 7.95. The molecular weight excluding hydrogens is 328 g/mol. The first kappa shape index (κ1) is 16.4. The number of nitrogens with zero attached hydrogens (tertiary/aromatic N) is 2. The molecule has 0 spiro atoms. The molecular formula is C16H18N4O3S. The Hall–Kier alpha value is -2.48. The third-order valence-electron chi connectivity index (χ3n) is 3.78. The Kier molecular flexibility index (Phi) is 4.75. The summed E-state index contributed by atoms with van der Waals surface area (Å²) < 4.78 is 22.8. The normalized spacial score (nSPS) is 18.9. The van der Waals surface area contributed by atoms with Crippen LogP contribution in [0, 0.1) is 0 Å². The van der Waals surface area contributed by atoms with Crippen molar-refractivity contribution in [3.05, 3.63) is 53.7 Å². The summed E-state index contributed by atoms with van der Waals surface area (Å²) in [5.41, 5.74) is 1.29. The maximum Gasteiger partial charge on any atom is 0.272 e. The van der Waals surface area contributed by atoms with Crippen molar-refractivity contribution >= 4 is 21.6 Å². The molecule has 0 saturated carbocycles. The molecule has 24 heavy (non-hydrogen) atoms. The van der Waals surface area contributed by atoms with Crippen LogP contribution in [0.15, 0.2) is 42.5 Å². The van der Waals surface area contributed by atoms with E-state index in [1.165, 1.54) is 0 Å². The van der Waals surface area contributed by atoms with Crippen LogP contribution in [-0.2, 0) is 16.4 Å². The topological polar surface area (TPSA) is 101 Å². The number of nitrogens with one attached hydrogen (secondary N) is 2. The zero-order valence-electron chi connectivity index (χ0n) is 13.0. The summed E-state index contributed by atoms with van der Waals surface area (Å²) in [4.78, 5) is 12.1. The van der Waals surface area contributed by atoms with E-state index in [1.54, 1.807) is 12.1 Å². The number of carbonyl (C=O) groups excluding carboxylic acids is 1. The predicted octanol–water partition coefficient (Wildman–Crippen LogP) is 1.01. The van der Waals surface area contributed by atoms with Gasteiger partial charge in [0.2, 0.25) is 0 Å². The highest BCUT2D eigenvalue weighted by Gasteiger charge is 2.29. The standard InChI is InChI=1S/C16H18N4O3S/c21-16(18-13-8-9-24(22,23)11-13)14-6-7-15(20-19-14)17-10-12-4-2-1-3-5-12/h1-7,13H,8-11H2,(H,17,20)(H,18,21). The van der Waals surface area contributed by atoms with Crippen LogP contribution in [0.25, 0.3) is 0 Å². The van der Waals surface area contributed by atoms with Gasteiger partial charge in [-0.1, -0.05) is 30.3 Å². The summed E-state index contributed by atoms with van der Waals surface area (Å²) in [6, 6.07) is 12.8. The molecule has 0 aliphatic carbocycles. The van der Waals surface area contributed by atoms with E-state index in [4.69, 9.17) is 0 Å². The van der Waals surface area contributed by atoms with E-state index in [0.29, 0.717) is 18.8 Å². The quantitative estimate of drug-likeness (QED) is 0.838. The Morgan fingerprint density at radius 2 is 1.92 bits per heavy atom. The first-order valence-corrected chi connectivity index (χ1v) is 9.47. The molecule has 1 fully saturated rings. The van der Waals surface area contributed by atoms with Crippen molar-refractivity contribution in [3.8, 4) is 0 Å². The second-order valence-electron chi connectivity index (χ2n) is 5.72. The van der Waals surface area contributed by atoms with Crippen LogP contribution in [0.2, 0.25) is 0 Å². The first-order valence-electron chi connectivity index (χ1n) is 7.65. The molecule has 0 radical (unpaired) electrons. The van der Waals surface area contributed by atoms with Gasteiger partial charge in [0.25, 0.3) is 5.91 Å². The van der Waals surface area contributed by atoms with Crippen molar-refractivity contribution < 1.29 is 13.2 Å². The van der Waals surface area contributed by atoms with E-state index < -0.39 is 15.7 Å². The van der Waals surface area contributed by atoms with Gasteiger partial charge in [-0.2, -0.15) is 0 Å². The fraction of sp³-hybridized carbons (Fsp3) is 0.312. The van der Waals surface area contributed by atoms with Crippen LogP contribution in [0.4, 0.5) is 5.82 Å². The Morgan fingerprint density at radius 3 is 2.54 bits per heavy atom. The highest BCUT2D eigenvalue weighted by atomic mass is 32.2. The smallest absolute Gasteiger partial charge is 0.272 e. The first-order chi connectivity index (χ1) is 11.5. The molecule has 1 aliphatic heterocycles. The third-order valence-corrected chi connectivity index (χ3v) is 5.55. The molecule has 1 unspecified atom stereocenters. The summed E-state index contributed by atoms with van der Waals surface area (Å²) in [6.45, 7) is 0.612. The Labute approximate surface area is 140 Å². The van der Waals surface area contributed by atoms with Gasteiger partial charge in [-0.05, 0) is 24.1 Å². The van der Waals surface area contributed by atoms with Gasteiger partial charge in [-0.25, -0.2) is 8.42 Å². The number of rotatable bonds is 5. The lowest BCUT2D eigenvalue weighted by Gasteiger charge is -2.10. The maximum absolute atomic E-state index is 12.1. The SMILES string of the molecule is O=C(NC1CCS(=O)(=O)C1)c1ccc(NCc2ccccc2)nn1. The molecule has 1 aromatic heterocycles. The molecule has 126 valence electrons. The van der Waals surface area contributed by atoms with Gasteiger partial charge in [0.05, 0.1) is 11.5 Å². The fourth-order valence-corrected chi connectivity index (χ4v) is 4.18. The zero-order chi connectivity index (χ0) is 17.0. The number of amides is 1. The summed E-state index contributed by atoms with van der Waals surface area (Å²) in [5.74, 6) is 0.271. The fourth-order valence-electron chi connectivity index (χ4n) is 2.50. The van der Waals surface area contributed by atoms with Crippen LogP contribution < -0.4 is 10.6 Å². The number of hydrogen-bond acceptors (Lipinski definition) is 6. The molecule has 7 nitrogen and oxygen atoms in total. The molecule has 1 aliphatic rings. The number of carbonyl (C=O) groups is 1. The van der Waals surface area contributed by atoms with E-state index in [0.717, 1.165) is 5.56 Å². The average molecular weight is 346 g/mol. The van der Waals surface area contributed by atoms with Crippen LogP contribution in [0.5, 0.6) is 0 Å². The Morgan fingerprint density at radius 1 is 1.12 bits per heavy atom. The summed E-state index contributed by atoms with van der Waals surface area (Å²) in [7, 11) is -3.02. The lowest BCUT2D eigenvalue weighted by Crippen LogP contribution is -2.36. The summed E-state index contributed by atoms with van der Waals surface area (Å²) in [5, 5.41) is 13.7. The highest BCUT2D eigenvalue weighted by Crippen LogP contribution is 2.12. The number of benzene rings is 1. The molecule has 1 amide bonds. The monoisotopic (exact) mass is 346 g/mol. The number of hydrogen-bond donors (Lipinski definition) is 2. The van der Waals surface area contributed by atoms with Crippen LogP contribution in [-0.4, -0.2) is 42.1 Å². The van der Waals surface area contributed by atoms with Gasteiger partial charge < -0.3 is 10.6 Å². The van der Waals surface area contributed by atoms with Gasteiger partial charge in [-0.3, -0.25) is 4.79 Å². The lowest BCUT2D eigenvalue weighted by atomic mass is 10.2. The molecule has 1 aromatic carbocycles. The van der Waals surface area contributed by atoms with Crippen molar-refractivity contribution in [1.29, 1.82) is 0 Å². The third kappa shape index (κ3) is 4.29. The summed E-state index contributed by atoms with van der Waals surface area (Å²) in [6.07, 6.45) is 0.443. The second kappa shape index (κ2) is 6.96. The van der Waals surface area contributed by atoms with Gasteiger partial charge in [0.15, 0.2) is 15.5 Å². The number of aromatic nitrogens is 2. The van der Waals surface area contributed by atoms with Gasteiger partial charge >= 0.3 is 0 Å². The largest absolute Gasteiger partial charge is 0.365 e. The molecule has 0 bridgehead atoms. The highest BCUT2D eigenvalue weighted by molar-refractivity contribution is 7.91. The van der Waals surface area contributed by atoms with Crippen molar-refractivity contribution in [2.75, 3.05) is 16.8 Å². The van der Waals surface area contributed by atoms with Crippen molar-refractivity contribution in [1.82, 2.24) is 15.5 Å². The van der Waals surface area contributed by atoms with Crippen LogP contribution >= 0.6 is 0 Å². The molecule has 1 saturated heterocycles. The molecule has 2 heterocycles. The van der Waals surface area contributed by atoms with Crippen molar-refractivity contribution in [2.45, 2.75) is 19.0 Å². The van der Waals surface area contributed by atoms with Gasteiger partial charge in [0, 0.05) is 12.6 Å². The summed E-state index contributed by atoms with van der Waals surface area (Å²) >= 11 is 0. The van der Waals surface area contributed by atoms with Crippen LogP contribution in [0.3, 0.4) is 0 Å². The van der Waals surface area contributed by atoms with Gasteiger partial charge in [-0.15, -0.1) is 10.2 Å². The molecule has 8 heteroatoms. The van der Waals surface area contributed by atoms with Crippen molar-refractivity contribution in [3.63, 3.8) is 0 Å². The number of sulfone groups is 1.